The average molecular weight is 340 g/mol. The van der Waals surface area contributed by atoms with Gasteiger partial charge in [-0.3, -0.25) is 0 Å². The Morgan fingerprint density at radius 2 is 2.25 bits per heavy atom. The smallest absolute Gasteiger partial charge is 0.164 e. The second kappa shape index (κ2) is 6.85. The van der Waals surface area contributed by atoms with Crippen LogP contribution in [-0.4, -0.2) is 19.9 Å². The van der Waals surface area contributed by atoms with E-state index in [1.807, 2.05) is 22.9 Å². The summed E-state index contributed by atoms with van der Waals surface area (Å²) in [5.74, 6) is 1.44. The fraction of sp³-hybridized carbons (Fsp3) is 0.429. The number of ether oxygens (including phenoxy) is 1. The van der Waals surface area contributed by atoms with Crippen LogP contribution in [0.2, 0.25) is 0 Å². The molecule has 6 heteroatoms. The number of hydrogen-bond donors (Lipinski definition) is 1. The van der Waals surface area contributed by atoms with E-state index >= 15 is 0 Å². The lowest BCUT2D eigenvalue weighted by Gasteiger charge is -2.14. The maximum absolute atomic E-state index is 9.79. The molecule has 2 rings (SSSR count). The molecule has 0 aliphatic rings. The summed E-state index contributed by atoms with van der Waals surface area (Å²) in [5, 5.41) is 13.9. The summed E-state index contributed by atoms with van der Waals surface area (Å²) < 4.78 is 8.53. The van der Waals surface area contributed by atoms with Crippen molar-refractivity contribution in [2.24, 2.45) is 0 Å². The fourth-order valence-corrected chi connectivity index (χ4v) is 2.30. The number of rotatable bonds is 6. The highest BCUT2D eigenvalue weighted by molar-refractivity contribution is 9.10. The molecule has 0 fully saturated rings. The van der Waals surface area contributed by atoms with Crippen molar-refractivity contribution in [2.45, 2.75) is 39.5 Å². The normalized spacial score (nSPS) is 12.4. The van der Waals surface area contributed by atoms with E-state index in [1.54, 1.807) is 6.92 Å². The maximum Gasteiger partial charge on any atom is 0.164 e. The molecule has 0 amide bonds. The van der Waals surface area contributed by atoms with E-state index in [4.69, 9.17) is 4.74 Å². The Hall–Kier alpha value is -1.40. The van der Waals surface area contributed by atoms with Gasteiger partial charge in [0.05, 0.1) is 6.10 Å². The lowest BCUT2D eigenvalue weighted by molar-refractivity contribution is 0.189. The molecule has 5 nitrogen and oxygen atoms in total. The van der Waals surface area contributed by atoms with E-state index < -0.39 is 6.10 Å². The van der Waals surface area contributed by atoms with E-state index in [1.165, 1.54) is 6.33 Å². The molecule has 0 saturated carbocycles. The Morgan fingerprint density at radius 1 is 1.45 bits per heavy atom. The van der Waals surface area contributed by atoms with Gasteiger partial charge < -0.3 is 9.84 Å². The molecule has 0 radical (unpaired) electrons. The third-order valence-corrected chi connectivity index (χ3v) is 3.40. The fourth-order valence-electron chi connectivity index (χ4n) is 1.92. The molecule has 1 heterocycles. The van der Waals surface area contributed by atoms with E-state index in [0.717, 1.165) is 28.8 Å². The molecule has 1 atom stereocenters. The number of hydrogen-bond acceptors (Lipinski definition) is 4. The standard InChI is InChI=1S/C14H18BrN3O2/c1-3-6-18-14(16-9-17-18)8-20-13-5-4-11(15)7-12(13)10(2)19/h4-5,7,9-10,19H,3,6,8H2,1-2H3/t10-/m0/s1. The summed E-state index contributed by atoms with van der Waals surface area (Å²) in [5.41, 5.74) is 0.751. The van der Waals surface area contributed by atoms with Crippen LogP contribution in [0.5, 0.6) is 5.75 Å². The van der Waals surface area contributed by atoms with Crippen molar-refractivity contribution in [3.8, 4) is 5.75 Å². The van der Waals surface area contributed by atoms with Crippen molar-refractivity contribution in [3.05, 3.63) is 40.4 Å². The Labute approximate surface area is 126 Å². The molecule has 1 aromatic heterocycles. The molecule has 0 unspecified atom stereocenters. The Morgan fingerprint density at radius 3 is 2.95 bits per heavy atom. The SMILES string of the molecule is CCCn1ncnc1COc1ccc(Br)cc1[C@H](C)O. The van der Waals surface area contributed by atoms with Crippen molar-refractivity contribution in [2.75, 3.05) is 0 Å². The largest absolute Gasteiger partial charge is 0.485 e. The minimum atomic E-state index is -0.587. The zero-order chi connectivity index (χ0) is 14.5. The minimum absolute atomic E-state index is 0.335. The molecule has 108 valence electrons. The highest BCUT2D eigenvalue weighted by Gasteiger charge is 2.11. The molecular weight excluding hydrogens is 322 g/mol. The van der Waals surface area contributed by atoms with Gasteiger partial charge in [-0.25, -0.2) is 9.67 Å². The highest BCUT2D eigenvalue weighted by Crippen LogP contribution is 2.28. The van der Waals surface area contributed by atoms with Gasteiger partial charge >= 0.3 is 0 Å². The number of aliphatic hydroxyl groups is 1. The van der Waals surface area contributed by atoms with Crippen LogP contribution < -0.4 is 4.74 Å². The Bertz CT molecular complexity index is 569. The lowest BCUT2D eigenvalue weighted by Crippen LogP contribution is -2.09. The molecule has 0 saturated heterocycles. The first-order chi connectivity index (χ1) is 9.61. The zero-order valence-corrected chi connectivity index (χ0v) is 13.2. The maximum atomic E-state index is 9.79. The van der Waals surface area contributed by atoms with Gasteiger partial charge in [0.2, 0.25) is 0 Å². The molecule has 1 aromatic carbocycles. The number of nitrogens with zero attached hydrogens (tertiary/aromatic N) is 3. The number of aliphatic hydroxyl groups excluding tert-OH is 1. The summed E-state index contributed by atoms with van der Waals surface area (Å²) in [6.07, 6.45) is 1.94. The summed E-state index contributed by atoms with van der Waals surface area (Å²) in [6.45, 7) is 4.96. The van der Waals surface area contributed by atoms with Gasteiger partial charge in [0.15, 0.2) is 5.82 Å². The van der Waals surface area contributed by atoms with Crippen molar-refractivity contribution in [1.29, 1.82) is 0 Å². The summed E-state index contributed by atoms with van der Waals surface area (Å²) in [7, 11) is 0. The van der Waals surface area contributed by atoms with Gasteiger partial charge in [0, 0.05) is 16.6 Å². The highest BCUT2D eigenvalue weighted by atomic mass is 79.9. The van der Waals surface area contributed by atoms with Gasteiger partial charge in [-0.1, -0.05) is 22.9 Å². The van der Waals surface area contributed by atoms with Gasteiger partial charge in [0.1, 0.15) is 18.7 Å². The van der Waals surface area contributed by atoms with Crippen LogP contribution in [0.15, 0.2) is 29.0 Å². The topological polar surface area (TPSA) is 60.2 Å². The van der Waals surface area contributed by atoms with Crippen LogP contribution in [0.1, 0.15) is 37.8 Å². The first-order valence-electron chi connectivity index (χ1n) is 6.58. The van der Waals surface area contributed by atoms with Crippen molar-refractivity contribution in [3.63, 3.8) is 0 Å². The Kier molecular flexibility index (Phi) is 5.14. The van der Waals surface area contributed by atoms with Gasteiger partial charge in [-0.2, -0.15) is 5.10 Å². The van der Waals surface area contributed by atoms with Crippen molar-refractivity contribution >= 4 is 15.9 Å². The third kappa shape index (κ3) is 3.58. The molecule has 1 N–H and O–H groups in total. The van der Waals surface area contributed by atoms with E-state index in [9.17, 15) is 5.11 Å². The first-order valence-corrected chi connectivity index (χ1v) is 7.38. The predicted molar refractivity (Wildman–Crippen MR) is 79.4 cm³/mol. The zero-order valence-electron chi connectivity index (χ0n) is 11.6. The molecule has 0 aliphatic heterocycles. The van der Waals surface area contributed by atoms with Crippen molar-refractivity contribution in [1.82, 2.24) is 14.8 Å². The Balaban J connectivity index is 2.12. The van der Waals surface area contributed by atoms with Crippen molar-refractivity contribution < 1.29 is 9.84 Å². The summed E-state index contributed by atoms with van der Waals surface area (Å²) in [4.78, 5) is 4.20. The van der Waals surface area contributed by atoms with E-state index in [2.05, 4.69) is 32.9 Å². The second-order valence-electron chi connectivity index (χ2n) is 4.55. The molecule has 2 aromatic rings. The van der Waals surface area contributed by atoms with Crippen LogP contribution in [0, 0.1) is 0 Å². The van der Waals surface area contributed by atoms with Crippen LogP contribution in [-0.2, 0) is 13.2 Å². The molecule has 20 heavy (non-hydrogen) atoms. The molecular formula is C14H18BrN3O2. The number of halogens is 1. The van der Waals surface area contributed by atoms with Gasteiger partial charge in [-0.15, -0.1) is 0 Å². The van der Waals surface area contributed by atoms with E-state index in [-0.39, 0.29) is 0 Å². The molecule has 0 spiro atoms. The molecule has 0 bridgehead atoms. The van der Waals surface area contributed by atoms with E-state index in [0.29, 0.717) is 12.4 Å². The number of benzene rings is 1. The summed E-state index contributed by atoms with van der Waals surface area (Å²) in [6, 6.07) is 5.58. The lowest BCUT2D eigenvalue weighted by atomic mass is 10.1. The summed E-state index contributed by atoms with van der Waals surface area (Å²) >= 11 is 3.39. The predicted octanol–water partition coefficient (Wildman–Crippen LogP) is 3.08. The average Bonchev–Trinajstić information content (AvgIpc) is 2.85. The number of aromatic nitrogens is 3. The van der Waals surface area contributed by atoms with Crippen LogP contribution in [0.3, 0.4) is 0 Å². The van der Waals surface area contributed by atoms with Gasteiger partial charge in [-0.05, 0) is 31.5 Å². The van der Waals surface area contributed by atoms with Crippen LogP contribution in [0.25, 0.3) is 0 Å². The third-order valence-electron chi connectivity index (χ3n) is 2.91. The monoisotopic (exact) mass is 339 g/mol. The quantitative estimate of drug-likeness (QED) is 0.878. The number of aryl methyl sites for hydroxylation is 1. The van der Waals surface area contributed by atoms with Gasteiger partial charge in [0.25, 0.3) is 0 Å². The molecule has 0 aliphatic carbocycles. The first kappa shape index (κ1) is 15.0. The second-order valence-corrected chi connectivity index (χ2v) is 5.46. The van der Waals surface area contributed by atoms with Crippen LogP contribution in [0.4, 0.5) is 0 Å². The minimum Gasteiger partial charge on any atom is -0.485 e. The van der Waals surface area contributed by atoms with Crippen LogP contribution >= 0.6 is 15.9 Å².